The molecule has 0 bridgehead atoms. The summed E-state index contributed by atoms with van der Waals surface area (Å²) in [6, 6.07) is 3.07. The van der Waals surface area contributed by atoms with Crippen molar-refractivity contribution >= 4 is 11.5 Å². The summed E-state index contributed by atoms with van der Waals surface area (Å²) in [5.74, 6) is 2.10. The predicted molar refractivity (Wildman–Crippen MR) is 82.0 cm³/mol. The summed E-state index contributed by atoms with van der Waals surface area (Å²) in [5.41, 5.74) is 0.405. The van der Waals surface area contributed by atoms with Crippen molar-refractivity contribution in [1.29, 1.82) is 0 Å². The standard InChI is InChI=1S/C14H18N6O3/c1-9-11(20(21)22)5-6-12(15-9)16-10-4-3-7-19-14(10)17-13(18-19)8-23-2/h5-6,10H,3-4,7-8H2,1-2H3,(H,15,16). The third kappa shape index (κ3) is 3.14. The van der Waals surface area contributed by atoms with Gasteiger partial charge in [0.15, 0.2) is 5.82 Å². The van der Waals surface area contributed by atoms with Crippen molar-refractivity contribution in [2.45, 2.75) is 39.0 Å². The zero-order valence-electron chi connectivity index (χ0n) is 13.0. The average molecular weight is 318 g/mol. The van der Waals surface area contributed by atoms with Crippen LogP contribution in [-0.2, 0) is 17.9 Å². The van der Waals surface area contributed by atoms with Gasteiger partial charge in [-0.15, -0.1) is 0 Å². The maximum atomic E-state index is 10.9. The van der Waals surface area contributed by atoms with Crippen LogP contribution < -0.4 is 5.32 Å². The van der Waals surface area contributed by atoms with E-state index in [4.69, 9.17) is 4.74 Å². The molecule has 23 heavy (non-hydrogen) atoms. The number of rotatable bonds is 5. The van der Waals surface area contributed by atoms with Crippen molar-refractivity contribution in [3.05, 3.63) is 39.6 Å². The Morgan fingerprint density at radius 1 is 1.48 bits per heavy atom. The summed E-state index contributed by atoms with van der Waals surface area (Å²) in [6.45, 7) is 2.84. The van der Waals surface area contributed by atoms with Crippen LogP contribution >= 0.6 is 0 Å². The number of hydrogen-bond donors (Lipinski definition) is 1. The molecule has 3 heterocycles. The van der Waals surface area contributed by atoms with Gasteiger partial charge in [-0.3, -0.25) is 10.1 Å². The molecule has 0 saturated carbocycles. The van der Waals surface area contributed by atoms with E-state index in [0.717, 1.165) is 25.2 Å². The molecule has 1 aliphatic heterocycles. The molecule has 2 aromatic rings. The summed E-state index contributed by atoms with van der Waals surface area (Å²) >= 11 is 0. The molecule has 0 aliphatic carbocycles. The van der Waals surface area contributed by atoms with E-state index in [-0.39, 0.29) is 11.7 Å². The van der Waals surface area contributed by atoms with Crippen LogP contribution in [0.5, 0.6) is 0 Å². The van der Waals surface area contributed by atoms with Crippen LogP contribution in [0, 0.1) is 17.0 Å². The largest absolute Gasteiger partial charge is 0.377 e. The van der Waals surface area contributed by atoms with Crippen LogP contribution in [0.4, 0.5) is 11.5 Å². The summed E-state index contributed by atoms with van der Waals surface area (Å²) in [4.78, 5) is 19.2. The Hall–Kier alpha value is -2.55. The van der Waals surface area contributed by atoms with E-state index in [0.29, 0.717) is 23.9 Å². The predicted octanol–water partition coefficient (Wildman–Crippen LogP) is 1.98. The topological polar surface area (TPSA) is 108 Å². The Morgan fingerprint density at radius 2 is 2.30 bits per heavy atom. The second-order valence-electron chi connectivity index (χ2n) is 5.44. The first-order valence-electron chi connectivity index (χ1n) is 7.39. The number of pyridine rings is 1. The van der Waals surface area contributed by atoms with Crippen LogP contribution in [0.25, 0.3) is 0 Å². The number of nitrogens with one attached hydrogen (secondary N) is 1. The second kappa shape index (κ2) is 6.29. The van der Waals surface area contributed by atoms with Crippen LogP contribution in [0.15, 0.2) is 12.1 Å². The maximum Gasteiger partial charge on any atom is 0.290 e. The quantitative estimate of drug-likeness (QED) is 0.663. The first kappa shape index (κ1) is 15.3. The van der Waals surface area contributed by atoms with Gasteiger partial charge in [0.2, 0.25) is 0 Å². The lowest BCUT2D eigenvalue weighted by molar-refractivity contribution is -0.385. The molecule has 0 amide bonds. The molecule has 9 heteroatoms. The molecule has 122 valence electrons. The molecule has 2 aromatic heterocycles. The Kier molecular flexibility index (Phi) is 4.20. The van der Waals surface area contributed by atoms with Crippen molar-refractivity contribution in [1.82, 2.24) is 19.7 Å². The monoisotopic (exact) mass is 318 g/mol. The van der Waals surface area contributed by atoms with E-state index >= 15 is 0 Å². The number of nitrogens with zero attached hydrogens (tertiary/aromatic N) is 5. The summed E-state index contributed by atoms with van der Waals surface area (Å²) in [7, 11) is 1.61. The number of aromatic nitrogens is 4. The fourth-order valence-electron chi connectivity index (χ4n) is 2.73. The SMILES string of the molecule is COCc1nc2n(n1)CCCC2Nc1ccc([N+](=O)[O-])c(C)n1. The third-order valence-electron chi connectivity index (χ3n) is 3.77. The van der Waals surface area contributed by atoms with Gasteiger partial charge in [0.05, 0.1) is 11.0 Å². The minimum Gasteiger partial charge on any atom is -0.377 e. The van der Waals surface area contributed by atoms with Gasteiger partial charge in [-0.1, -0.05) is 0 Å². The number of ether oxygens (including phenoxy) is 1. The van der Waals surface area contributed by atoms with Crippen molar-refractivity contribution in [2.75, 3.05) is 12.4 Å². The molecule has 0 fully saturated rings. The van der Waals surface area contributed by atoms with Gasteiger partial charge in [-0.2, -0.15) is 5.10 Å². The minimum atomic E-state index is -0.430. The zero-order valence-corrected chi connectivity index (χ0v) is 13.0. The number of nitro groups is 1. The highest BCUT2D eigenvalue weighted by molar-refractivity contribution is 5.45. The number of fused-ring (bicyclic) bond motifs is 1. The Bertz CT molecular complexity index is 729. The van der Waals surface area contributed by atoms with E-state index in [1.807, 2.05) is 4.68 Å². The van der Waals surface area contributed by atoms with Crippen molar-refractivity contribution in [2.24, 2.45) is 0 Å². The molecule has 9 nitrogen and oxygen atoms in total. The number of methoxy groups -OCH3 is 1. The van der Waals surface area contributed by atoms with E-state index in [9.17, 15) is 10.1 Å². The number of anilines is 1. The van der Waals surface area contributed by atoms with Gasteiger partial charge < -0.3 is 10.1 Å². The van der Waals surface area contributed by atoms with Crippen molar-refractivity contribution in [3.8, 4) is 0 Å². The fraction of sp³-hybridized carbons (Fsp3) is 0.500. The molecule has 1 atom stereocenters. The Morgan fingerprint density at radius 3 is 3.00 bits per heavy atom. The average Bonchev–Trinajstić information content (AvgIpc) is 2.91. The molecule has 0 saturated heterocycles. The first-order valence-corrected chi connectivity index (χ1v) is 7.39. The van der Waals surface area contributed by atoms with E-state index in [2.05, 4.69) is 20.4 Å². The van der Waals surface area contributed by atoms with Gasteiger partial charge in [-0.25, -0.2) is 14.6 Å². The highest BCUT2D eigenvalue weighted by Gasteiger charge is 2.25. The Balaban J connectivity index is 1.82. The van der Waals surface area contributed by atoms with Crippen molar-refractivity contribution in [3.63, 3.8) is 0 Å². The number of aryl methyl sites for hydroxylation is 2. The zero-order chi connectivity index (χ0) is 16.4. The van der Waals surface area contributed by atoms with E-state index in [1.165, 1.54) is 6.07 Å². The smallest absolute Gasteiger partial charge is 0.290 e. The molecular formula is C14H18N6O3. The lowest BCUT2D eigenvalue weighted by atomic mass is 10.1. The lowest BCUT2D eigenvalue weighted by Crippen LogP contribution is -2.23. The van der Waals surface area contributed by atoms with Crippen molar-refractivity contribution < 1.29 is 9.66 Å². The van der Waals surface area contributed by atoms with Crippen LogP contribution in [-0.4, -0.2) is 31.8 Å². The van der Waals surface area contributed by atoms with Crippen LogP contribution in [0.3, 0.4) is 0 Å². The van der Waals surface area contributed by atoms with Gasteiger partial charge in [0.1, 0.15) is 23.9 Å². The maximum absolute atomic E-state index is 10.9. The van der Waals surface area contributed by atoms with Gasteiger partial charge in [0, 0.05) is 19.7 Å². The van der Waals surface area contributed by atoms with E-state index < -0.39 is 4.92 Å². The molecule has 0 aromatic carbocycles. The van der Waals surface area contributed by atoms with Gasteiger partial charge in [-0.05, 0) is 25.8 Å². The molecule has 3 rings (SSSR count). The fourth-order valence-corrected chi connectivity index (χ4v) is 2.73. The first-order chi connectivity index (χ1) is 11.1. The summed E-state index contributed by atoms with van der Waals surface area (Å²) < 4.78 is 6.96. The molecule has 0 radical (unpaired) electrons. The summed E-state index contributed by atoms with van der Waals surface area (Å²) in [6.07, 6.45) is 1.88. The highest BCUT2D eigenvalue weighted by atomic mass is 16.6. The number of hydrogen-bond acceptors (Lipinski definition) is 7. The van der Waals surface area contributed by atoms with E-state index in [1.54, 1.807) is 20.1 Å². The lowest BCUT2D eigenvalue weighted by Gasteiger charge is -2.23. The summed E-state index contributed by atoms with van der Waals surface area (Å²) in [5, 5.41) is 18.6. The second-order valence-corrected chi connectivity index (χ2v) is 5.44. The molecule has 1 aliphatic rings. The normalized spacial score (nSPS) is 16.9. The molecular weight excluding hydrogens is 300 g/mol. The van der Waals surface area contributed by atoms with Crippen LogP contribution in [0.1, 0.15) is 36.2 Å². The third-order valence-corrected chi connectivity index (χ3v) is 3.77. The molecule has 1 unspecified atom stereocenters. The molecule has 0 spiro atoms. The van der Waals surface area contributed by atoms with Gasteiger partial charge in [0.25, 0.3) is 5.69 Å². The minimum absolute atomic E-state index is 0.0183. The van der Waals surface area contributed by atoms with Gasteiger partial charge >= 0.3 is 0 Å². The Labute approximate surface area is 132 Å². The highest BCUT2D eigenvalue weighted by Crippen LogP contribution is 2.28. The molecule has 1 N–H and O–H groups in total. The van der Waals surface area contributed by atoms with Crippen LogP contribution in [0.2, 0.25) is 0 Å².